The first-order valence-corrected chi connectivity index (χ1v) is 8.14. The van der Waals surface area contributed by atoms with Crippen molar-refractivity contribution in [2.75, 3.05) is 13.7 Å². The smallest absolute Gasteiger partial charge is 0.338 e. The molecule has 7 nitrogen and oxygen atoms in total. The number of hydrogen-bond acceptors (Lipinski definition) is 5. The number of non-ortho nitro benzene ring substituents is 1. The van der Waals surface area contributed by atoms with Gasteiger partial charge in [-0.05, 0) is 29.7 Å². The standard InChI is InChI=1S/C19H20N2O5/c1-3-14-4-6-15(7-5-14)12-20(2)18(22)13-26-19(23)16-8-10-17(11-9-16)21(24)25/h4-11H,3,12-13H2,1-2H3. The molecule has 2 aromatic carbocycles. The molecule has 2 rings (SSSR count). The summed E-state index contributed by atoms with van der Waals surface area (Å²) in [5.74, 6) is -1.03. The van der Waals surface area contributed by atoms with Gasteiger partial charge in [-0.3, -0.25) is 14.9 Å². The fourth-order valence-corrected chi connectivity index (χ4v) is 2.28. The van der Waals surface area contributed by atoms with Crippen molar-refractivity contribution in [3.05, 3.63) is 75.3 Å². The molecule has 0 unspecified atom stereocenters. The lowest BCUT2D eigenvalue weighted by Gasteiger charge is -2.17. The van der Waals surface area contributed by atoms with Gasteiger partial charge in [0.1, 0.15) is 0 Å². The van der Waals surface area contributed by atoms with E-state index < -0.39 is 10.9 Å². The van der Waals surface area contributed by atoms with Gasteiger partial charge >= 0.3 is 5.97 Å². The molecule has 26 heavy (non-hydrogen) atoms. The molecule has 0 saturated carbocycles. The van der Waals surface area contributed by atoms with E-state index in [4.69, 9.17) is 4.74 Å². The Balaban J connectivity index is 1.86. The van der Waals surface area contributed by atoms with Gasteiger partial charge in [0.2, 0.25) is 0 Å². The van der Waals surface area contributed by atoms with Crippen LogP contribution < -0.4 is 0 Å². The van der Waals surface area contributed by atoms with Crippen LogP contribution in [-0.2, 0) is 22.5 Å². The van der Waals surface area contributed by atoms with E-state index in [9.17, 15) is 19.7 Å². The fraction of sp³-hybridized carbons (Fsp3) is 0.263. The zero-order chi connectivity index (χ0) is 19.1. The number of nitro benzene ring substituents is 1. The van der Waals surface area contributed by atoms with Crippen molar-refractivity contribution in [2.24, 2.45) is 0 Å². The minimum absolute atomic E-state index is 0.119. The number of amides is 1. The molecule has 0 saturated heterocycles. The largest absolute Gasteiger partial charge is 0.452 e. The molecule has 0 radical (unpaired) electrons. The second-order valence-electron chi connectivity index (χ2n) is 5.80. The van der Waals surface area contributed by atoms with Gasteiger partial charge in [0.25, 0.3) is 11.6 Å². The zero-order valence-corrected chi connectivity index (χ0v) is 14.7. The second kappa shape index (κ2) is 8.75. The van der Waals surface area contributed by atoms with Gasteiger partial charge in [-0.25, -0.2) is 4.79 Å². The highest BCUT2D eigenvalue weighted by atomic mass is 16.6. The van der Waals surface area contributed by atoms with E-state index in [-0.39, 0.29) is 23.8 Å². The minimum Gasteiger partial charge on any atom is -0.452 e. The SMILES string of the molecule is CCc1ccc(CN(C)C(=O)COC(=O)c2ccc([N+](=O)[O-])cc2)cc1. The molecule has 0 atom stereocenters. The Bertz CT molecular complexity index is 785. The molecule has 0 aliphatic heterocycles. The number of aryl methyl sites for hydroxylation is 1. The molecular weight excluding hydrogens is 336 g/mol. The van der Waals surface area contributed by atoms with Crippen molar-refractivity contribution >= 4 is 17.6 Å². The number of esters is 1. The van der Waals surface area contributed by atoms with Gasteiger partial charge in [-0.15, -0.1) is 0 Å². The Morgan fingerprint density at radius 1 is 1.04 bits per heavy atom. The summed E-state index contributed by atoms with van der Waals surface area (Å²) in [5.41, 5.74) is 2.24. The third-order valence-electron chi connectivity index (χ3n) is 3.92. The molecule has 7 heteroatoms. The van der Waals surface area contributed by atoms with Crippen LogP contribution in [0.5, 0.6) is 0 Å². The third kappa shape index (κ3) is 5.14. The van der Waals surface area contributed by atoms with Gasteiger partial charge in [0, 0.05) is 25.7 Å². The lowest BCUT2D eigenvalue weighted by molar-refractivity contribution is -0.384. The summed E-state index contributed by atoms with van der Waals surface area (Å²) in [6.07, 6.45) is 0.952. The number of nitrogens with zero attached hydrogens (tertiary/aromatic N) is 2. The van der Waals surface area contributed by atoms with Crippen LogP contribution in [0.1, 0.15) is 28.4 Å². The van der Waals surface area contributed by atoms with Crippen LogP contribution >= 0.6 is 0 Å². The number of likely N-dealkylation sites (N-methyl/N-ethyl adjacent to an activating group) is 1. The lowest BCUT2D eigenvalue weighted by atomic mass is 10.1. The van der Waals surface area contributed by atoms with Crippen molar-refractivity contribution in [1.82, 2.24) is 4.90 Å². The predicted octanol–water partition coefficient (Wildman–Crippen LogP) is 2.97. The van der Waals surface area contributed by atoms with Gasteiger partial charge < -0.3 is 9.64 Å². The Labute approximate surface area is 151 Å². The topological polar surface area (TPSA) is 89.8 Å². The second-order valence-corrected chi connectivity index (χ2v) is 5.80. The summed E-state index contributed by atoms with van der Waals surface area (Å²) in [6.45, 7) is 2.10. The first kappa shape index (κ1) is 19.1. The highest BCUT2D eigenvalue weighted by molar-refractivity contribution is 5.91. The fourth-order valence-electron chi connectivity index (χ4n) is 2.28. The molecule has 0 aliphatic carbocycles. The number of rotatable bonds is 7. The van der Waals surface area contributed by atoms with E-state index in [1.54, 1.807) is 7.05 Å². The van der Waals surface area contributed by atoms with E-state index in [1.807, 2.05) is 24.3 Å². The van der Waals surface area contributed by atoms with Crippen LogP contribution in [0.2, 0.25) is 0 Å². The molecule has 0 spiro atoms. The van der Waals surface area contributed by atoms with Crippen molar-refractivity contribution in [3.8, 4) is 0 Å². The summed E-state index contributed by atoms with van der Waals surface area (Å²) >= 11 is 0. The Hall–Kier alpha value is -3.22. The van der Waals surface area contributed by atoms with Crippen molar-refractivity contribution in [3.63, 3.8) is 0 Å². The van der Waals surface area contributed by atoms with Crippen molar-refractivity contribution in [2.45, 2.75) is 19.9 Å². The zero-order valence-electron chi connectivity index (χ0n) is 14.7. The van der Waals surface area contributed by atoms with E-state index in [0.29, 0.717) is 6.54 Å². The Kier molecular flexibility index (Phi) is 6.43. The van der Waals surface area contributed by atoms with Crippen LogP contribution in [0.4, 0.5) is 5.69 Å². The molecule has 0 bridgehead atoms. The number of hydrogen-bond donors (Lipinski definition) is 0. The maximum atomic E-state index is 12.1. The molecule has 0 N–H and O–H groups in total. The molecule has 0 fully saturated rings. The average Bonchev–Trinajstić information content (AvgIpc) is 2.66. The highest BCUT2D eigenvalue weighted by Crippen LogP contribution is 2.13. The van der Waals surface area contributed by atoms with Gasteiger partial charge in [-0.2, -0.15) is 0 Å². The van der Waals surface area contributed by atoms with Crippen LogP contribution in [-0.4, -0.2) is 35.4 Å². The number of benzene rings is 2. The monoisotopic (exact) mass is 356 g/mol. The predicted molar refractivity (Wildman–Crippen MR) is 95.7 cm³/mol. The molecule has 1 amide bonds. The number of ether oxygens (including phenoxy) is 1. The molecule has 136 valence electrons. The van der Waals surface area contributed by atoms with Crippen LogP contribution in [0, 0.1) is 10.1 Å². The van der Waals surface area contributed by atoms with Gasteiger partial charge in [-0.1, -0.05) is 31.2 Å². The van der Waals surface area contributed by atoms with Crippen molar-refractivity contribution in [1.29, 1.82) is 0 Å². The summed E-state index contributed by atoms with van der Waals surface area (Å²) in [6, 6.07) is 13.0. The molecule has 2 aromatic rings. The summed E-state index contributed by atoms with van der Waals surface area (Å²) in [4.78, 5) is 35.5. The number of carbonyl (C=O) groups excluding carboxylic acids is 2. The lowest BCUT2D eigenvalue weighted by Crippen LogP contribution is -2.30. The number of nitro groups is 1. The summed E-state index contributed by atoms with van der Waals surface area (Å²) < 4.78 is 4.99. The maximum Gasteiger partial charge on any atom is 0.338 e. The van der Waals surface area contributed by atoms with Crippen LogP contribution in [0.15, 0.2) is 48.5 Å². The summed E-state index contributed by atoms with van der Waals surface area (Å²) in [7, 11) is 1.63. The van der Waals surface area contributed by atoms with Gasteiger partial charge in [0.05, 0.1) is 10.5 Å². The Morgan fingerprint density at radius 2 is 1.62 bits per heavy atom. The van der Waals surface area contributed by atoms with Crippen LogP contribution in [0.3, 0.4) is 0 Å². The number of carbonyl (C=O) groups is 2. The van der Waals surface area contributed by atoms with E-state index in [0.717, 1.165) is 12.0 Å². The first-order chi connectivity index (χ1) is 12.4. The molecule has 0 aromatic heterocycles. The Morgan fingerprint density at radius 3 is 2.15 bits per heavy atom. The third-order valence-corrected chi connectivity index (χ3v) is 3.92. The van der Waals surface area contributed by atoms with E-state index in [2.05, 4.69) is 6.92 Å². The van der Waals surface area contributed by atoms with Gasteiger partial charge in [0.15, 0.2) is 6.61 Å². The highest BCUT2D eigenvalue weighted by Gasteiger charge is 2.15. The molecule has 0 heterocycles. The molecule has 0 aliphatic rings. The quantitative estimate of drug-likeness (QED) is 0.432. The maximum absolute atomic E-state index is 12.1. The first-order valence-electron chi connectivity index (χ1n) is 8.14. The minimum atomic E-state index is -0.700. The molecular formula is C19H20N2O5. The van der Waals surface area contributed by atoms with E-state index >= 15 is 0 Å². The average molecular weight is 356 g/mol. The van der Waals surface area contributed by atoms with E-state index in [1.165, 1.54) is 34.7 Å². The van der Waals surface area contributed by atoms with Crippen molar-refractivity contribution < 1.29 is 19.2 Å². The normalized spacial score (nSPS) is 10.2. The van der Waals surface area contributed by atoms with Crippen LogP contribution in [0.25, 0.3) is 0 Å². The summed E-state index contributed by atoms with van der Waals surface area (Å²) in [5, 5.41) is 10.6.